The minimum absolute atomic E-state index is 0.0121. The fourth-order valence-electron chi connectivity index (χ4n) is 2.58. The van der Waals surface area contributed by atoms with Crippen molar-refractivity contribution in [3.8, 4) is 0 Å². The summed E-state index contributed by atoms with van der Waals surface area (Å²) in [6.45, 7) is 0. The van der Waals surface area contributed by atoms with Crippen LogP contribution in [0.25, 0.3) is 0 Å². The number of hydrogen-bond acceptors (Lipinski definition) is 4. The molecule has 0 aromatic carbocycles. The van der Waals surface area contributed by atoms with E-state index in [-0.39, 0.29) is 15.9 Å². The molecule has 1 aromatic heterocycles. The van der Waals surface area contributed by atoms with Crippen LogP contribution in [0.3, 0.4) is 0 Å². The minimum Gasteiger partial charge on any atom is -0.467 e. The highest BCUT2D eigenvalue weighted by atomic mass is 35.5. The average Bonchev–Trinajstić information content (AvgIpc) is 2.49. The Balaban J connectivity index is 2.26. The van der Waals surface area contributed by atoms with Gasteiger partial charge in [-0.2, -0.15) is 0 Å². The van der Waals surface area contributed by atoms with Gasteiger partial charge in [-0.3, -0.25) is 4.79 Å². The van der Waals surface area contributed by atoms with E-state index in [1.165, 1.54) is 19.2 Å². The van der Waals surface area contributed by atoms with E-state index in [9.17, 15) is 9.59 Å². The normalized spacial score (nSPS) is 17.1. The standard InChI is InChI=1S/C14H16Cl2N2O3/c1-21-13(20)14(7-3-2-4-8-14)18-12(19)11-9(15)5-6-10(16)17-11/h5-6H,2-4,7-8H2,1H3,(H,18,19). The van der Waals surface area contributed by atoms with Gasteiger partial charge in [0.2, 0.25) is 0 Å². The van der Waals surface area contributed by atoms with Crippen molar-refractivity contribution in [3.63, 3.8) is 0 Å². The van der Waals surface area contributed by atoms with E-state index < -0.39 is 17.4 Å². The lowest BCUT2D eigenvalue weighted by Crippen LogP contribution is -2.56. The van der Waals surface area contributed by atoms with Gasteiger partial charge in [-0.1, -0.05) is 42.5 Å². The number of nitrogens with zero attached hydrogens (tertiary/aromatic N) is 1. The maximum Gasteiger partial charge on any atom is 0.331 e. The first-order valence-electron chi connectivity index (χ1n) is 6.71. The number of rotatable bonds is 3. The van der Waals surface area contributed by atoms with Crippen LogP contribution in [0.4, 0.5) is 0 Å². The van der Waals surface area contributed by atoms with Gasteiger partial charge in [0.05, 0.1) is 12.1 Å². The van der Waals surface area contributed by atoms with E-state index in [2.05, 4.69) is 10.3 Å². The third-order valence-electron chi connectivity index (χ3n) is 3.66. The summed E-state index contributed by atoms with van der Waals surface area (Å²) in [5.41, 5.74) is -0.991. The van der Waals surface area contributed by atoms with Gasteiger partial charge in [-0.15, -0.1) is 0 Å². The second kappa shape index (κ2) is 6.62. The molecule has 1 N–H and O–H groups in total. The first-order chi connectivity index (χ1) is 9.98. The van der Waals surface area contributed by atoms with E-state index in [1.54, 1.807) is 0 Å². The summed E-state index contributed by atoms with van der Waals surface area (Å²) in [7, 11) is 1.31. The molecule has 1 saturated carbocycles. The fourth-order valence-corrected chi connectivity index (χ4v) is 2.92. The summed E-state index contributed by atoms with van der Waals surface area (Å²) in [5, 5.41) is 3.10. The zero-order chi connectivity index (χ0) is 15.5. The predicted molar refractivity (Wildman–Crippen MR) is 79.6 cm³/mol. The average molecular weight is 331 g/mol. The van der Waals surface area contributed by atoms with E-state index in [0.717, 1.165) is 19.3 Å². The van der Waals surface area contributed by atoms with Crippen LogP contribution >= 0.6 is 23.2 Å². The Morgan fingerprint density at radius 3 is 2.52 bits per heavy atom. The van der Waals surface area contributed by atoms with E-state index in [1.807, 2.05) is 0 Å². The number of methoxy groups -OCH3 is 1. The molecule has 2 rings (SSSR count). The molecule has 0 bridgehead atoms. The fraction of sp³-hybridized carbons (Fsp3) is 0.500. The molecule has 0 atom stereocenters. The van der Waals surface area contributed by atoms with E-state index in [4.69, 9.17) is 27.9 Å². The highest BCUT2D eigenvalue weighted by molar-refractivity contribution is 6.34. The second-order valence-corrected chi connectivity index (χ2v) is 5.85. The lowest BCUT2D eigenvalue weighted by Gasteiger charge is -2.35. The van der Waals surface area contributed by atoms with Gasteiger partial charge in [0.25, 0.3) is 5.91 Å². The maximum atomic E-state index is 12.4. The molecule has 7 heteroatoms. The number of halogens is 2. The van der Waals surface area contributed by atoms with Gasteiger partial charge in [0, 0.05) is 0 Å². The number of hydrogen-bond donors (Lipinski definition) is 1. The number of ether oxygens (including phenoxy) is 1. The topological polar surface area (TPSA) is 68.3 Å². The number of aromatic nitrogens is 1. The lowest BCUT2D eigenvalue weighted by molar-refractivity contribution is -0.149. The van der Waals surface area contributed by atoms with Crippen molar-refractivity contribution in [2.45, 2.75) is 37.6 Å². The summed E-state index contributed by atoms with van der Waals surface area (Å²) < 4.78 is 4.85. The molecule has 0 aliphatic heterocycles. The van der Waals surface area contributed by atoms with Crippen LogP contribution in [0.1, 0.15) is 42.6 Å². The zero-order valence-electron chi connectivity index (χ0n) is 11.6. The monoisotopic (exact) mass is 330 g/mol. The Bertz CT molecular complexity index is 557. The number of pyridine rings is 1. The van der Waals surface area contributed by atoms with Crippen LogP contribution in [-0.2, 0) is 9.53 Å². The lowest BCUT2D eigenvalue weighted by atomic mass is 9.81. The first kappa shape index (κ1) is 16.0. The third-order valence-corrected chi connectivity index (χ3v) is 4.18. The van der Waals surface area contributed by atoms with Crippen LogP contribution in [0, 0.1) is 0 Å². The molecule has 0 saturated heterocycles. The highest BCUT2D eigenvalue weighted by Crippen LogP contribution is 2.30. The molecule has 1 aliphatic carbocycles. The van der Waals surface area contributed by atoms with Crippen LogP contribution < -0.4 is 5.32 Å². The Kier molecular flexibility index (Phi) is 5.06. The number of carbonyl (C=O) groups is 2. The van der Waals surface area contributed by atoms with Crippen molar-refractivity contribution in [3.05, 3.63) is 28.0 Å². The molecule has 21 heavy (non-hydrogen) atoms. The maximum absolute atomic E-state index is 12.4. The van der Waals surface area contributed by atoms with Gasteiger partial charge in [0.1, 0.15) is 16.4 Å². The summed E-state index contributed by atoms with van der Waals surface area (Å²) in [4.78, 5) is 28.4. The van der Waals surface area contributed by atoms with Gasteiger partial charge in [0.15, 0.2) is 0 Å². The van der Waals surface area contributed by atoms with Crippen molar-refractivity contribution in [1.29, 1.82) is 0 Å². The van der Waals surface area contributed by atoms with Crippen molar-refractivity contribution in [2.24, 2.45) is 0 Å². The largest absolute Gasteiger partial charge is 0.467 e. The molecule has 1 aromatic rings. The van der Waals surface area contributed by atoms with Crippen molar-refractivity contribution in [1.82, 2.24) is 10.3 Å². The van der Waals surface area contributed by atoms with Gasteiger partial charge in [-0.25, -0.2) is 9.78 Å². The van der Waals surface area contributed by atoms with Gasteiger partial charge in [-0.05, 0) is 25.0 Å². The van der Waals surface area contributed by atoms with Gasteiger partial charge >= 0.3 is 5.97 Å². The Morgan fingerprint density at radius 2 is 1.90 bits per heavy atom. The van der Waals surface area contributed by atoms with E-state index >= 15 is 0 Å². The highest BCUT2D eigenvalue weighted by Gasteiger charge is 2.42. The smallest absolute Gasteiger partial charge is 0.331 e. The quantitative estimate of drug-likeness (QED) is 0.683. The zero-order valence-corrected chi connectivity index (χ0v) is 13.1. The Labute approximate surface area is 133 Å². The van der Waals surface area contributed by atoms with Gasteiger partial charge < -0.3 is 10.1 Å². The number of esters is 1. The minimum atomic E-state index is -1.00. The summed E-state index contributed by atoms with van der Waals surface area (Å²) in [6.07, 6.45) is 3.83. The van der Waals surface area contributed by atoms with Crippen LogP contribution in [0.5, 0.6) is 0 Å². The number of amides is 1. The second-order valence-electron chi connectivity index (χ2n) is 5.05. The SMILES string of the molecule is COC(=O)C1(NC(=O)c2nc(Cl)ccc2Cl)CCCCC1. The molecular formula is C14H16Cl2N2O3. The molecule has 1 amide bonds. The molecule has 5 nitrogen and oxygen atoms in total. The predicted octanol–water partition coefficient (Wildman–Crippen LogP) is 2.99. The summed E-state index contributed by atoms with van der Waals surface area (Å²) in [6, 6.07) is 2.99. The molecule has 0 unspecified atom stereocenters. The first-order valence-corrected chi connectivity index (χ1v) is 7.47. The van der Waals surface area contributed by atoms with E-state index in [0.29, 0.717) is 12.8 Å². The molecule has 114 valence electrons. The molecule has 1 heterocycles. The summed E-state index contributed by atoms with van der Waals surface area (Å²) >= 11 is 11.8. The van der Waals surface area contributed by atoms with Crippen molar-refractivity contribution < 1.29 is 14.3 Å². The molecular weight excluding hydrogens is 315 g/mol. The van der Waals surface area contributed by atoms with Crippen molar-refractivity contribution in [2.75, 3.05) is 7.11 Å². The Morgan fingerprint density at radius 1 is 1.24 bits per heavy atom. The number of carbonyl (C=O) groups excluding carboxylic acids is 2. The van der Waals surface area contributed by atoms with Crippen LogP contribution in [0.15, 0.2) is 12.1 Å². The van der Waals surface area contributed by atoms with Crippen molar-refractivity contribution >= 4 is 35.1 Å². The molecule has 0 spiro atoms. The molecule has 1 fully saturated rings. The van der Waals surface area contributed by atoms with Crippen LogP contribution in [0.2, 0.25) is 10.2 Å². The molecule has 1 aliphatic rings. The van der Waals surface area contributed by atoms with Crippen LogP contribution in [-0.4, -0.2) is 29.5 Å². The molecule has 0 radical (unpaired) electrons. The Hall–Kier alpha value is -1.33. The summed E-state index contributed by atoms with van der Waals surface area (Å²) in [5.74, 6) is -0.955. The third kappa shape index (κ3) is 3.47. The number of nitrogens with one attached hydrogen (secondary N) is 1.